The van der Waals surface area contributed by atoms with Crippen molar-refractivity contribution >= 4 is 17.7 Å². The van der Waals surface area contributed by atoms with Gasteiger partial charge in [-0.25, -0.2) is 4.79 Å². The first-order chi connectivity index (χ1) is 17.3. The first-order valence-corrected chi connectivity index (χ1v) is 11.7. The number of likely N-dealkylation sites (tertiary alicyclic amines) is 1. The number of carbonyl (C=O) groups is 2. The van der Waals surface area contributed by atoms with Gasteiger partial charge >= 0.3 is 18.4 Å². The summed E-state index contributed by atoms with van der Waals surface area (Å²) in [5.41, 5.74) is -2.62. The van der Waals surface area contributed by atoms with Crippen molar-refractivity contribution in [3.63, 3.8) is 0 Å². The Balaban J connectivity index is 1.66. The molecule has 0 aromatic heterocycles. The molecular formula is C23H26F6N4O4. The van der Waals surface area contributed by atoms with Gasteiger partial charge in [0.25, 0.3) is 5.91 Å². The van der Waals surface area contributed by atoms with Crippen molar-refractivity contribution in [3.8, 4) is 6.07 Å². The lowest BCUT2D eigenvalue weighted by molar-refractivity contribution is -0.213. The predicted molar refractivity (Wildman–Crippen MR) is 117 cm³/mol. The first kappa shape index (κ1) is 28.4. The van der Waals surface area contributed by atoms with Crippen molar-refractivity contribution in [2.45, 2.75) is 63.3 Å². The van der Waals surface area contributed by atoms with Gasteiger partial charge in [-0.3, -0.25) is 4.79 Å². The highest BCUT2D eigenvalue weighted by Crippen LogP contribution is 2.39. The number of nitriles is 1. The van der Waals surface area contributed by atoms with E-state index >= 15 is 0 Å². The number of unbranched alkanes of at least 4 members (excludes halogenated alkanes) is 1. The molecule has 0 radical (unpaired) electrons. The quantitative estimate of drug-likeness (QED) is 0.433. The molecule has 2 amide bonds. The van der Waals surface area contributed by atoms with Crippen molar-refractivity contribution in [3.05, 3.63) is 29.3 Å². The van der Waals surface area contributed by atoms with Crippen LogP contribution in [0.25, 0.3) is 0 Å². The van der Waals surface area contributed by atoms with Crippen LogP contribution in [0.2, 0.25) is 0 Å². The molecule has 0 spiro atoms. The normalized spacial score (nSPS) is 21.0. The van der Waals surface area contributed by atoms with Crippen LogP contribution >= 0.6 is 0 Å². The van der Waals surface area contributed by atoms with E-state index in [1.54, 1.807) is 0 Å². The summed E-state index contributed by atoms with van der Waals surface area (Å²) in [4.78, 5) is 26.8. The fourth-order valence-electron chi connectivity index (χ4n) is 4.12. The molecule has 2 aliphatic heterocycles. The van der Waals surface area contributed by atoms with Crippen molar-refractivity contribution in [2.24, 2.45) is 0 Å². The summed E-state index contributed by atoms with van der Waals surface area (Å²) in [6.45, 7) is 2.16. The van der Waals surface area contributed by atoms with Gasteiger partial charge < -0.3 is 24.6 Å². The second-order valence-electron chi connectivity index (χ2n) is 8.75. The zero-order chi connectivity index (χ0) is 27.4. The fourth-order valence-corrected chi connectivity index (χ4v) is 4.12. The molecule has 8 nitrogen and oxygen atoms in total. The number of piperidine rings is 1. The molecule has 0 saturated carbocycles. The minimum absolute atomic E-state index is 0.282. The minimum atomic E-state index is -5.01. The van der Waals surface area contributed by atoms with Gasteiger partial charge in [0.1, 0.15) is 0 Å². The number of rotatable bonds is 6. The van der Waals surface area contributed by atoms with Crippen LogP contribution in [0.4, 0.5) is 36.8 Å². The van der Waals surface area contributed by atoms with E-state index in [4.69, 9.17) is 14.7 Å². The summed E-state index contributed by atoms with van der Waals surface area (Å²) < 4.78 is 91.1. The number of amides is 2. The molecule has 0 unspecified atom stereocenters. The topological polar surface area (TPSA) is 94.9 Å². The maximum absolute atomic E-state index is 13.7. The van der Waals surface area contributed by atoms with Crippen LogP contribution in [-0.4, -0.2) is 67.7 Å². The Bertz CT molecular complexity index is 1020. The molecule has 2 atom stereocenters. The predicted octanol–water partition coefficient (Wildman–Crippen LogP) is 4.19. The van der Waals surface area contributed by atoms with Gasteiger partial charge in [-0.05, 0) is 37.5 Å². The largest absolute Gasteiger partial charge is 0.449 e. The molecule has 1 aromatic carbocycles. The molecule has 37 heavy (non-hydrogen) atoms. The van der Waals surface area contributed by atoms with Gasteiger partial charge in [-0.2, -0.15) is 31.6 Å². The third-order valence-corrected chi connectivity index (χ3v) is 6.09. The number of nitrogens with one attached hydrogen (secondary N) is 1. The summed E-state index contributed by atoms with van der Waals surface area (Å²) in [5, 5.41) is 11.5. The average molecular weight is 536 g/mol. The van der Waals surface area contributed by atoms with E-state index in [2.05, 4.69) is 5.32 Å². The van der Waals surface area contributed by atoms with Gasteiger partial charge in [0.05, 0.1) is 30.3 Å². The molecule has 204 valence electrons. The highest BCUT2D eigenvalue weighted by molar-refractivity contribution is 5.82. The number of alkyl halides is 6. The van der Waals surface area contributed by atoms with Crippen molar-refractivity contribution in [1.29, 1.82) is 5.26 Å². The van der Waals surface area contributed by atoms with Crippen molar-refractivity contribution in [2.75, 3.05) is 31.1 Å². The number of carbonyl (C=O) groups excluding carboxylic acids is 2. The van der Waals surface area contributed by atoms with Crippen LogP contribution in [0.15, 0.2) is 18.2 Å². The van der Waals surface area contributed by atoms with Crippen LogP contribution < -0.4 is 10.2 Å². The summed E-state index contributed by atoms with van der Waals surface area (Å²) in [6, 6.07) is 3.11. The summed E-state index contributed by atoms with van der Waals surface area (Å²) in [6.07, 6.45) is -12.4. The van der Waals surface area contributed by atoms with E-state index in [-0.39, 0.29) is 13.1 Å². The fraction of sp³-hybridized carbons (Fsp3) is 0.609. The Morgan fingerprint density at radius 1 is 1.19 bits per heavy atom. The van der Waals surface area contributed by atoms with Crippen LogP contribution in [0.5, 0.6) is 0 Å². The molecule has 1 N–H and O–H groups in total. The number of anilines is 1. The van der Waals surface area contributed by atoms with Crippen molar-refractivity contribution in [1.82, 2.24) is 10.2 Å². The Morgan fingerprint density at radius 2 is 1.86 bits per heavy atom. The zero-order valence-electron chi connectivity index (χ0n) is 19.9. The Morgan fingerprint density at radius 3 is 2.43 bits per heavy atom. The van der Waals surface area contributed by atoms with E-state index in [0.717, 1.165) is 25.0 Å². The molecule has 1 aromatic rings. The lowest BCUT2D eigenvalue weighted by Crippen LogP contribution is -2.49. The summed E-state index contributed by atoms with van der Waals surface area (Å²) in [5.74, 6) is -0.842. The van der Waals surface area contributed by atoms with Gasteiger partial charge in [-0.1, -0.05) is 13.3 Å². The monoisotopic (exact) mass is 536 g/mol. The second-order valence-corrected chi connectivity index (χ2v) is 8.75. The third kappa shape index (κ3) is 6.97. The van der Waals surface area contributed by atoms with Crippen LogP contribution in [0.3, 0.4) is 0 Å². The molecule has 0 bridgehead atoms. The molecule has 2 heterocycles. The summed E-state index contributed by atoms with van der Waals surface area (Å²) in [7, 11) is 0. The SMILES string of the molecule is CCCCOC(=O)N1CCC(NC(=O)[C@@H]2CN(c3ccc(C#N)c(C(F)(F)F)c3)[C@@H](C(F)(F)F)O2)CC1. The second kappa shape index (κ2) is 11.5. The van der Waals surface area contributed by atoms with E-state index in [9.17, 15) is 35.9 Å². The molecule has 2 fully saturated rings. The Hall–Kier alpha value is -3.21. The number of nitrogens with zero attached hydrogens (tertiary/aromatic N) is 3. The lowest BCUT2D eigenvalue weighted by Gasteiger charge is -2.32. The summed E-state index contributed by atoms with van der Waals surface area (Å²) >= 11 is 0. The Kier molecular flexibility index (Phi) is 8.78. The number of hydrogen-bond donors (Lipinski definition) is 1. The zero-order valence-corrected chi connectivity index (χ0v) is 19.9. The number of halogens is 6. The molecule has 14 heteroatoms. The number of hydrogen-bond acceptors (Lipinski definition) is 6. The molecule has 2 aliphatic rings. The van der Waals surface area contributed by atoms with E-state index in [0.29, 0.717) is 30.4 Å². The van der Waals surface area contributed by atoms with Crippen molar-refractivity contribution < 1.29 is 45.4 Å². The standard InChI is InChI=1S/C23H26F6N4O4/c1-2-3-10-36-21(35)32-8-6-15(7-9-32)31-19(34)18-13-33(20(37-18)23(27,28)29)16-5-4-14(12-30)17(11-16)22(24,25)26/h4-5,11,15,18,20H,2-3,6-10,13H2,1H3,(H,31,34)/t18-,20+/m0/s1. The van der Waals surface area contributed by atoms with Gasteiger partial charge in [0.15, 0.2) is 6.10 Å². The van der Waals surface area contributed by atoms with Crippen LogP contribution in [-0.2, 0) is 20.4 Å². The van der Waals surface area contributed by atoms with Gasteiger partial charge in [0, 0.05) is 24.8 Å². The molecule has 2 saturated heterocycles. The van der Waals surface area contributed by atoms with Crippen LogP contribution in [0, 0.1) is 11.3 Å². The minimum Gasteiger partial charge on any atom is -0.449 e. The number of ether oxygens (including phenoxy) is 2. The van der Waals surface area contributed by atoms with E-state index < -0.39 is 66.1 Å². The highest BCUT2D eigenvalue weighted by Gasteiger charge is 2.53. The Labute approximate surface area is 209 Å². The molecular weight excluding hydrogens is 510 g/mol. The molecule has 3 rings (SSSR count). The maximum Gasteiger partial charge on any atom is 0.433 e. The number of benzene rings is 1. The van der Waals surface area contributed by atoms with E-state index in [1.165, 1.54) is 11.0 Å². The lowest BCUT2D eigenvalue weighted by atomic mass is 10.0. The molecule has 0 aliphatic carbocycles. The van der Waals surface area contributed by atoms with Gasteiger partial charge in [0.2, 0.25) is 6.23 Å². The average Bonchev–Trinajstić information content (AvgIpc) is 3.30. The first-order valence-electron chi connectivity index (χ1n) is 11.7. The highest BCUT2D eigenvalue weighted by atomic mass is 19.4. The van der Waals surface area contributed by atoms with Gasteiger partial charge in [-0.15, -0.1) is 0 Å². The van der Waals surface area contributed by atoms with Crippen LogP contribution in [0.1, 0.15) is 43.7 Å². The third-order valence-electron chi connectivity index (χ3n) is 6.09. The smallest absolute Gasteiger partial charge is 0.433 e. The van der Waals surface area contributed by atoms with E-state index in [1.807, 2.05) is 6.92 Å². The maximum atomic E-state index is 13.7.